The molecule has 28 heavy (non-hydrogen) atoms. The predicted molar refractivity (Wildman–Crippen MR) is 118 cm³/mol. The Morgan fingerprint density at radius 2 is 1.00 bits per heavy atom. The first-order chi connectivity index (χ1) is 12.7. The van der Waals surface area contributed by atoms with E-state index in [0.717, 1.165) is 33.4 Å². The van der Waals surface area contributed by atoms with Gasteiger partial charge in [0.05, 0.1) is 0 Å². The maximum absolute atomic E-state index is 10.8. The number of aromatic hydroxyl groups is 2. The summed E-state index contributed by atoms with van der Waals surface area (Å²) in [6.07, 6.45) is 0.521. The van der Waals surface area contributed by atoms with Gasteiger partial charge in [0.25, 0.3) is 0 Å². The van der Waals surface area contributed by atoms with Gasteiger partial charge in [0.2, 0.25) is 0 Å². The zero-order chi connectivity index (χ0) is 21.9. The third kappa shape index (κ3) is 6.70. The molecular weight excluding hydrogens is 427 g/mol. The van der Waals surface area contributed by atoms with Crippen LogP contribution in [0.25, 0.3) is 0 Å². The van der Waals surface area contributed by atoms with E-state index in [2.05, 4.69) is 67.5 Å². The van der Waals surface area contributed by atoms with E-state index in [9.17, 15) is 10.2 Å². The predicted octanol–water partition coefficient (Wildman–Crippen LogP) is 7.28. The van der Waals surface area contributed by atoms with Crippen molar-refractivity contribution in [2.75, 3.05) is 0 Å². The second kappa shape index (κ2) is 9.89. The molecule has 2 N–H and O–H groups in total. The fraction of sp³-hybridized carbons (Fsp3) is 0.478. The molecule has 2 rings (SSSR count). The van der Waals surface area contributed by atoms with Crippen LogP contribution in [0.1, 0.15) is 74.9 Å². The van der Waals surface area contributed by atoms with E-state index in [1.807, 2.05) is 12.1 Å². The van der Waals surface area contributed by atoms with E-state index in [1.54, 1.807) is 0 Å². The zero-order valence-corrected chi connectivity index (χ0v) is 21.2. The first-order valence-corrected chi connectivity index (χ1v) is 13.6. The molecule has 2 nitrogen and oxygen atoms in total. The van der Waals surface area contributed by atoms with Crippen molar-refractivity contribution in [1.82, 2.24) is 0 Å². The molecule has 0 spiro atoms. The molecule has 0 aromatic heterocycles. The first-order valence-electron chi connectivity index (χ1n) is 9.34. The molecule has 0 amide bonds. The molecular formula is C23H32Cl2O2Ti. The molecule has 0 aliphatic carbocycles. The van der Waals surface area contributed by atoms with Crippen molar-refractivity contribution in [2.45, 2.75) is 72.6 Å². The summed E-state index contributed by atoms with van der Waals surface area (Å²) in [6, 6.07) is 8.14. The average Bonchev–Trinajstić information content (AvgIpc) is 2.52. The van der Waals surface area contributed by atoms with Crippen LogP contribution < -0.4 is 0 Å². The molecule has 0 saturated heterocycles. The maximum atomic E-state index is 10.8. The van der Waals surface area contributed by atoms with Crippen LogP contribution in [-0.2, 0) is 34.3 Å². The molecule has 5 heteroatoms. The van der Waals surface area contributed by atoms with E-state index in [0.29, 0.717) is 17.9 Å². The van der Waals surface area contributed by atoms with Crippen LogP contribution in [0.2, 0.25) is 0 Å². The van der Waals surface area contributed by atoms with Gasteiger partial charge in [0, 0.05) is 6.42 Å². The minimum atomic E-state index is -0.556. The van der Waals surface area contributed by atoms with Crippen LogP contribution in [0.15, 0.2) is 24.3 Å². The van der Waals surface area contributed by atoms with Crippen molar-refractivity contribution in [1.29, 1.82) is 0 Å². The molecule has 0 radical (unpaired) electrons. The number of benzene rings is 2. The third-order valence-corrected chi connectivity index (χ3v) is 4.66. The van der Waals surface area contributed by atoms with Crippen LogP contribution >= 0.6 is 18.6 Å². The van der Waals surface area contributed by atoms with E-state index in [-0.39, 0.29) is 10.8 Å². The number of aryl methyl sites for hydroxylation is 2. The van der Waals surface area contributed by atoms with Crippen molar-refractivity contribution in [3.8, 4) is 11.5 Å². The number of rotatable bonds is 2. The summed E-state index contributed by atoms with van der Waals surface area (Å²) in [6.45, 7) is 16.7. The molecule has 0 heterocycles. The number of halogens is 2. The summed E-state index contributed by atoms with van der Waals surface area (Å²) in [5.41, 5.74) is 5.63. The second-order valence-electron chi connectivity index (χ2n) is 9.39. The van der Waals surface area contributed by atoms with Gasteiger partial charge in [0.1, 0.15) is 11.5 Å². The van der Waals surface area contributed by atoms with Gasteiger partial charge in [-0.05, 0) is 46.9 Å². The SMILES string of the molecule is Cc1cc(Cc2cc(C)cc(C(C)(C)C)c2O)c(O)c(C(C)(C)C)c1.[Cl][Ti][Cl]. The minimum absolute atomic E-state index is 0.129. The Bertz CT molecular complexity index is 751. The molecule has 0 aliphatic heterocycles. The van der Waals surface area contributed by atoms with Gasteiger partial charge in [-0.1, -0.05) is 76.9 Å². The van der Waals surface area contributed by atoms with Crippen molar-refractivity contribution in [3.63, 3.8) is 0 Å². The Morgan fingerprint density at radius 1 is 0.714 bits per heavy atom. The number of hydrogen-bond donors (Lipinski definition) is 2. The second-order valence-corrected chi connectivity index (χ2v) is 12.0. The average molecular weight is 459 g/mol. The molecule has 0 fully saturated rings. The van der Waals surface area contributed by atoms with E-state index in [1.165, 1.54) is 0 Å². The van der Waals surface area contributed by atoms with Gasteiger partial charge in [0.15, 0.2) is 0 Å². The Morgan fingerprint density at radius 3 is 1.25 bits per heavy atom. The van der Waals surface area contributed by atoms with Crippen LogP contribution in [0.3, 0.4) is 0 Å². The van der Waals surface area contributed by atoms with Crippen LogP contribution in [0, 0.1) is 13.8 Å². The molecule has 2 aromatic carbocycles. The topological polar surface area (TPSA) is 40.5 Å². The Kier molecular flexibility index (Phi) is 8.96. The normalized spacial score (nSPS) is 11.6. The van der Waals surface area contributed by atoms with Gasteiger partial charge < -0.3 is 10.2 Å². The molecule has 2 aromatic rings. The van der Waals surface area contributed by atoms with Gasteiger partial charge in [-0.25, -0.2) is 0 Å². The molecule has 154 valence electrons. The fourth-order valence-corrected chi connectivity index (χ4v) is 3.33. The fourth-order valence-electron chi connectivity index (χ4n) is 3.33. The first kappa shape index (κ1) is 25.4. The Labute approximate surface area is 187 Å². The summed E-state index contributed by atoms with van der Waals surface area (Å²) < 4.78 is 0. The summed E-state index contributed by atoms with van der Waals surface area (Å²) in [5, 5.41) is 21.6. The van der Waals surface area contributed by atoms with Crippen molar-refractivity contribution < 1.29 is 27.2 Å². The third-order valence-electron chi connectivity index (χ3n) is 4.66. The van der Waals surface area contributed by atoms with Crippen LogP contribution in [0.5, 0.6) is 11.5 Å². The summed E-state index contributed by atoms with van der Waals surface area (Å²) in [4.78, 5) is 0. The van der Waals surface area contributed by atoms with Gasteiger partial charge in [-0.2, -0.15) is 0 Å². The van der Waals surface area contributed by atoms with Gasteiger partial charge in [-0.15, -0.1) is 0 Å². The van der Waals surface area contributed by atoms with Crippen LogP contribution in [-0.4, -0.2) is 10.2 Å². The van der Waals surface area contributed by atoms with E-state index in [4.69, 9.17) is 18.6 Å². The monoisotopic (exact) mass is 458 g/mol. The standard InChI is InChI=1S/C23H32O2.2ClH.Ti/c1-14-9-16(20(24)18(11-14)22(3,4)5)13-17-10-15(2)12-19(21(17)25)23(6,7)8;;;/h9-12,24-25H,13H2,1-8H3;2*1H;/q;;;+2/p-2. The molecule has 0 saturated carbocycles. The Hall–Kier alpha value is -0.666. The van der Waals surface area contributed by atoms with Crippen molar-refractivity contribution >= 4 is 18.6 Å². The van der Waals surface area contributed by atoms with E-state index < -0.39 is 17.0 Å². The van der Waals surface area contributed by atoms with Gasteiger partial charge >= 0.3 is 35.6 Å². The Balaban J connectivity index is 0.00000122. The zero-order valence-electron chi connectivity index (χ0n) is 18.2. The molecule has 0 aliphatic rings. The van der Waals surface area contributed by atoms with Crippen LogP contribution in [0.4, 0.5) is 0 Å². The summed E-state index contributed by atoms with van der Waals surface area (Å²) in [5.74, 6) is 0.688. The quantitative estimate of drug-likeness (QED) is 0.464. The molecule has 0 bridgehead atoms. The molecule has 0 unspecified atom stereocenters. The number of phenols is 2. The van der Waals surface area contributed by atoms with Crippen molar-refractivity contribution in [3.05, 3.63) is 57.6 Å². The number of hydrogen-bond acceptors (Lipinski definition) is 2. The van der Waals surface area contributed by atoms with Crippen molar-refractivity contribution in [2.24, 2.45) is 0 Å². The summed E-state index contributed by atoms with van der Waals surface area (Å²) in [7, 11) is 9.78. The van der Waals surface area contributed by atoms with E-state index >= 15 is 0 Å². The molecule has 0 atom stereocenters. The number of phenolic OH excluding ortho intramolecular Hbond substituents is 2. The summed E-state index contributed by atoms with van der Waals surface area (Å²) >= 11 is -0.556. The van der Waals surface area contributed by atoms with Gasteiger partial charge in [-0.3, -0.25) is 0 Å².